The van der Waals surface area contributed by atoms with Crippen LogP contribution in [0.3, 0.4) is 0 Å². The fourth-order valence-electron chi connectivity index (χ4n) is 2.32. The first-order valence-electron chi connectivity index (χ1n) is 6.23. The van der Waals surface area contributed by atoms with Crippen LogP contribution < -0.4 is 0 Å². The topological polar surface area (TPSA) is 31.9 Å². The van der Waals surface area contributed by atoms with E-state index in [9.17, 15) is 0 Å². The molecule has 0 saturated heterocycles. The molecule has 1 N–H and O–H groups in total. The van der Waals surface area contributed by atoms with E-state index in [1.54, 1.807) is 0 Å². The van der Waals surface area contributed by atoms with Crippen LogP contribution in [0, 0.1) is 0 Å². The summed E-state index contributed by atoms with van der Waals surface area (Å²) in [5.41, 5.74) is 3.54. The Kier molecular flexibility index (Phi) is 2.69. The second-order valence-corrected chi connectivity index (χ2v) is 4.48. The highest BCUT2D eigenvalue weighted by Crippen LogP contribution is 2.22. The lowest BCUT2D eigenvalue weighted by molar-refractivity contribution is 0.318. The summed E-state index contributed by atoms with van der Waals surface area (Å²) in [5.74, 6) is 1.04. The standard InChI is InChI=1S/C14H17N3/c1-2-17-9-7-11(8-10-17)14-15-12-5-3-4-6-13(12)16-14/h3-7H,2,8-10H2,1H3,(H,15,16). The summed E-state index contributed by atoms with van der Waals surface area (Å²) in [5, 5.41) is 0. The van der Waals surface area contributed by atoms with Crippen molar-refractivity contribution < 1.29 is 0 Å². The van der Waals surface area contributed by atoms with Gasteiger partial charge in [-0.1, -0.05) is 25.1 Å². The van der Waals surface area contributed by atoms with E-state index in [0.717, 1.165) is 42.9 Å². The number of aromatic nitrogens is 2. The molecule has 0 amide bonds. The fourth-order valence-corrected chi connectivity index (χ4v) is 2.32. The normalized spacial score (nSPS) is 17.4. The number of benzene rings is 1. The monoisotopic (exact) mass is 227 g/mol. The van der Waals surface area contributed by atoms with E-state index in [4.69, 9.17) is 0 Å². The predicted octanol–water partition coefficient (Wildman–Crippen LogP) is 2.67. The summed E-state index contributed by atoms with van der Waals surface area (Å²) in [6, 6.07) is 8.20. The molecule has 3 nitrogen and oxygen atoms in total. The zero-order valence-corrected chi connectivity index (χ0v) is 10.1. The van der Waals surface area contributed by atoms with E-state index in [-0.39, 0.29) is 0 Å². The van der Waals surface area contributed by atoms with Crippen molar-refractivity contribution in [3.8, 4) is 0 Å². The van der Waals surface area contributed by atoms with E-state index in [1.165, 1.54) is 5.57 Å². The maximum absolute atomic E-state index is 4.64. The molecule has 0 saturated carbocycles. The van der Waals surface area contributed by atoms with Gasteiger partial charge in [-0.3, -0.25) is 4.90 Å². The van der Waals surface area contributed by atoms with Crippen LogP contribution in [0.2, 0.25) is 0 Å². The van der Waals surface area contributed by atoms with Crippen molar-refractivity contribution in [2.75, 3.05) is 19.6 Å². The third-order valence-electron chi connectivity index (χ3n) is 3.43. The van der Waals surface area contributed by atoms with Crippen LogP contribution in [0.4, 0.5) is 0 Å². The van der Waals surface area contributed by atoms with Crippen LogP contribution in [0.15, 0.2) is 30.3 Å². The molecule has 1 aliphatic heterocycles. The summed E-state index contributed by atoms with van der Waals surface area (Å²) in [6.45, 7) is 5.52. The molecule has 0 atom stereocenters. The maximum Gasteiger partial charge on any atom is 0.134 e. The molecule has 3 heteroatoms. The van der Waals surface area contributed by atoms with Crippen LogP contribution >= 0.6 is 0 Å². The lowest BCUT2D eigenvalue weighted by atomic mass is 10.1. The van der Waals surface area contributed by atoms with Gasteiger partial charge >= 0.3 is 0 Å². The second-order valence-electron chi connectivity index (χ2n) is 4.48. The van der Waals surface area contributed by atoms with Gasteiger partial charge in [-0.2, -0.15) is 0 Å². The van der Waals surface area contributed by atoms with Gasteiger partial charge in [-0.05, 0) is 30.7 Å². The average Bonchev–Trinajstić information content (AvgIpc) is 2.82. The number of nitrogens with zero attached hydrogens (tertiary/aromatic N) is 2. The summed E-state index contributed by atoms with van der Waals surface area (Å²) in [7, 11) is 0. The third kappa shape index (κ3) is 1.98. The number of hydrogen-bond donors (Lipinski definition) is 1. The Labute approximate surface area is 101 Å². The van der Waals surface area contributed by atoms with Crippen molar-refractivity contribution in [3.63, 3.8) is 0 Å². The Morgan fingerprint density at radius 1 is 1.35 bits per heavy atom. The molecule has 0 fully saturated rings. The molecule has 0 aliphatic carbocycles. The molecule has 2 heterocycles. The van der Waals surface area contributed by atoms with Crippen molar-refractivity contribution in [3.05, 3.63) is 36.2 Å². The van der Waals surface area contributed by atoms with Gasteiger partial charge in [0.2, 0.25) is 0 Å². The second kappa shape index (κ2) is 4.34. The Hall–Kier alpha value is -1.61. The van der Waals surface area contributed by atoms with Crippen molar-refractivity contribution >= 4 is 16.6 Å². The highest BCUT2D eigenvalue weighted by molar-refractivity contribution is 5.78. The molecule has 17 heavy (non-hydrogen) atoms. The Morgan fingerprint density at radius 2 is 2.24 bits per heavy atom. The summed E-state index contributed by atoms with van der Waals surface area (Å²) in [6.07, 6.45) is 3.39. The van der Waals surface area contributed by atoms with Crippen LogP contribution in [0.25, 0.3) is 16.6 Å². The van der Waals surface area contributed by atoms with Crippen molar-refractivity contribution in [1.29, 1.82) is 0 Å². The third-order valence-corrected chi connectivity index (χ3v) is 3.43. The summed E-state index contributed by atoms with van der Waals surface area (Å²) in [4.78, 5) is 10.5. The smallest absolute Gasteiger partial charge is 0.134 e. The quantitative estimate of drug-likeness (QED) is 0.855. The molecule has 0 unspecified atom stereocenters. The SMILES string of the molecule is CCN1CC=C(c2nc3ccccc3[nH]2)CC1. The minimum absolute atomic E-state index is 1.04. The van der Waals surface area contributed by atoms with E-state index in [0.29, 0.717) is 0 Å². The number of nitrogens with one attached hydrogen (secondary N) is 1. The number of likely N-dealkylation sites (N-methyl/N-ethyl adjacent to an activating group) is 1. The van der Waals surface area contributed by atoms with Gasteiger partial charge in [-0.25, -0.2) is 4.98 Å². The zero-order valence-electron chi connectivity index (χ0n) is 10.1. The molecule has 0 radical (unpaired) electrons. The van der Waals surface area contributed by atoms with Gasteiger partial charge in [0.1, 0.15) is 5.82 Å². The number of rotatable bonds is 2. The molecule has 1 aromatic carbocycles. The van der Waals surface area contributed by atoms with Gasteiger partial charge in [-0.15, -0.1) is 0 Å². The largest absolute Gasteiger partial charge is 0.338 e. The number of imidazole rings is 1. The molecule has 88 valence electrons. The molecule has 1 aromatic heterocycles. The van der Waals surface area contributed by atoms with Crippen molar-refractivity contribution in [2.24, 2.45) is 0 Å². The predicted molar refractivity (Wildman–Crippen MR) is 70.8 cm³/mol. The first-order valence-corrected chi connectivity index (χ1v) is 6.23. The lowest BCUT2D eigenvalue weighted by Gasteiger charge is -2.23. The number of hydrogen-bond acceptors (Lipinski definition) is 2. The van der Waals surface area contributed by atoms with E-state index >= 15 is 0 Å². The van der Waals surface area contributed by atoms with E-state index in [1.807, 2.05) is 12.1 Å². The lowest BCUT2D eigenvalue weighted by Crippen LogP contribution is -2.28. The maximum atomic E-state index is 4.64. The molecule has 1 aliphatic rings. The minimum Gasteiger partial charge on any atom is -0.338 e. The zero-order chi connectivity index (χ0) is 11.7. The van der Waals surface area contributed by atoms with Crippen molar-refractivity contribution in [1.82, 2.24) is 14.9 Å². The fraction of sp³-hybridized carbons (Fsp3) is 0.357. The number of H-pyrrole nitrogens is 1. The van der Waals surface area contributed by atoms with Gasteiger partial charge in [0.25, 0.3) is 0 Å². The van der Waals surface area contributed by atoms with Crippen molar-refractivity contribution in [2.45, 2.75) is 13.3 Å². The number of fused-ring (bicyclic) bond motifs is 1. The first kappa shape index (κ1) is 10.5. The van der Waals surface area contributed by atoms with E-state index < -0.39 is 0 Å². The summed E-state index contributed by atoms with van der Waals surface area (Å²) < 4.78 is 0. The average molecular weight is 227 g/mol. The number of aromatic amines is 1. The molecule has 2 aromatic rings. The van der Waals surface area contributed by atoms with Crippen LogP contribution in [-0.4, -0.2) is 34.5 Å². The minimum atomic E-state index is 1.04. The van der Waals surface area contributed by atoms with Crippen LogP contribution in [-0.2, 0) is 0 Å². The molecular weight excluding hydrogens is 210 g/mol. The van der Waals surface area contributed by atoms with Gasteiger partial charge < -0.3 is 4.98 Å². The highest BCUT2D eigenvalue weighted by Gasteiger charge is 2.13. The van der Waals surface area contributed by atoms with Crippen LogP contribution in [0.5, 0.6) is 0 Å². The molecular formula is C14H17N3. The molecule has 0 bridgehead atoms. The molecule has 3 rings (SSSR count). The first-order chi connectivity index (χ1) is 8.36. The molecule has 0 spiro atoms. The van der Waals surface area contributed by atoms with Gasteiger partial charge in [0, 0.05) is 13.1 Å². The Morgan fingerprint density at radius 3 is 2.94 bits per heavy atom. The van der Waals surface area contributed by atoms with Gasteiger partial charge in [0.05, 0.1) is 11.0 Å². The number of para-hydroxylation sites is 2. The Bertz CT molecular complexity index is 520. The van der Waals surface area contributed by atoms with Crippen LogP contribution in [0.1, 0.15) is 19.2 Å². The highest BCUT2D eigenvalue weighted by atomic mass is 15.1. The van der Waals surface area contributed by atoms with Gasteiger partial charge in [0.15, 0.2) is 0 Å². The van der Waals surface area contributed by atoms with E-state index in [2.05, 4.69) is 40.0 Å². The summed E-state index contributed by atoms with van der Waals surface area (Å²) >= 11 is 0. The Balaban J connectivity index is 1.91.